The first kappa shape index (κ1) is 20.4. The molecule has 0 aliphatic carbocycles. The molecule has 0 saturated heterocycles. The summed E-state index contributed by atoms with van der Waals surface area (Å²) in [6.45, 7) is 4.09. The molecular weight excluding hydrogens is 400 g/mol. The van der Waals surface area contributed by atoms with E-state index < -0.39 is 0 Å². The summed E-state index contributed by atoms with van der Waals surface area (Å²) in [6.07, 6.45) is 2.66. The molecule has 0 unspecified atom stereocenters. The molecule has 2 aromatic carbocycles. The van der Waals surface area contributed by atoms with Crippen molar-refractivity contribution >= 4 is 23.5 Å². The van der Waals surface area contributed by atoms with E-state index >= 15 is 0 Å². The number of fused-ring (bicyclic) bond motifs is 1. The number of rotatable bonds is 5. The van der Waals surface area contributed by atoms with Crippen molar-refractivity contribution < 1.29 is 9.53 Å². The highest BCUT2D eigenvalue weighted by Gasteiger charge is 2.39. The highest BCUT2D eigenvalue weighted by atomic mass is 35.5. The Bertz CT molecular complexity index is 1010. The number of halogens is 1. The minimum Gasteiger partial charge on any atom is -0.497 e. The summed E-state index contributed by atoms with van der Waals surface area (Å²) in [5.41, 5.74) is 2.13. The fourth-order valence-corrected chi connectivity index (χ4v) is 4.12. The lowest BCUT2D eigenvalue weighted by Gasteiger charge is -2.39. The lowest BCUT2D eigenvalue weighted by molar-refractivity contribution is -0.120. The van der Waals surface area contributed by atoms with Crippen LogP contribution in [-0.4, -0.2) is 27.8 Å². The first-order chi connectivity index (χ1) is 14.5. The lowest BCUT2D eigenvalue weighted by Crippen LogP contribution is -2.43. The molecule has 2 atom stereocenters. The first-order valence-electron chi connectivity index (χ1n) is 10.1. The van der Waals surface area contributed by atoms with Gasteiger partial charge in [0.25, 0.3) is 0 Å². The molecule has 0 bridgehead atoms. The van der Waals surface area contributed by atoms with Crippen LogP contribution < -0.4 is 9.64 Å². The third-order valence-corrected chi connectivity index (χ3v) is 5.68. The topological polar surface area (TPSA) is 60.2 Å². The van der Waals surface area contributed by atoms with Gasteiger partial charge >= 0.3 is 0 Å². The standard InChI is InChI=1S/C23H25ClN4O2/c1-15(2)12-22(29)27-20(16-4-8-18(24)9-5-16)13-21(28-23(27)25-14-26-28)17-6-10-19(30-3)11-7-17/h4-11,14-15,20-21H,12-13H2,1-3H3/t20-,21+/m1/s1. The number of benzene rings is 2. The maximum atomic E-state index is 13.2. The number of aromatic nitrogens is 3. The van der Waals surface area contributed by atoms with Crippen LogP contribution in [-0.2, 0) is 4.79 Å². The Labute approximate surface area is 181 Å². The van der Waals surface area contributed by atoms with E-state index in [2.05, 4.69) is 10.1 Å². The average Bonchev–Trinajstić information content (AvgIpc) is 3.22. The van der Waals surface area contributed by atoms with Crippen molar-refractivity contribution in [3.05, 3.63) is 71.0 Å². The number of anilines is 1. The van der Waals surface area contributed by atoms with Crippen LogP contribution in [0.25, 0.3) is 0 Å². The Morgan fingerprint density at radius 1 is 1.10 bits per heavy atom. The molecule has 0 N–H and O–H groups in total. The summed E-state index contributed by atoms with van der Waals surface area (Å²) in [7, 11) is 1.65. The predicted molar refractivity (Wildman–Crippen MR) is 117 cm³/mol. The number of hydrogen-bond donors (Lipinski definition) is 0. The van der Waals surface area contributed by atoms with Gasteiger partial charge in [0.05, 0.1) is 19.2 Å². The van der Waals surface area contributed by atoms with Gasteiger partial charge in [0, 0.05) is 11.4 Å². The lowest BCUT2D eigenvalue weighted by atomic mass is 9.91. The summed E-state index contributed by atoms with van der Waals surface area (Å²) in [5.74, 6) is 1.68. The Balaban J connectivity index is 1.79. The highest BCUT2D eigenvalue weighted by Crippen LogP contribution is 2.42. The zero-order valence-electron chi connectivity index (χ0n) is 17.3. The maximum Gasteiger partial charge on any atom is 0.231 e. The van der Waals surface area contributed by atoms with E-state index in [1.54, 1.807) is 12.0 Å². The molecule has 30 heavy (non-hydrogen) atoms. The van der Waals surface area contributed by atoms with E-state index in [9.17, 15) is 4.79 Å². The number of hydrogen-bond acceptors (Lipinski definition) is 4. The van der Waals surface area contributed by atoms with Gasteiger partial charge in [0.2, 0.25) is 11.9 Å². The molecule has 2 heterocycles. The van der Waals surface area contributed by atoms with E-state index in [0.29, 0.717) is 23.8 Å². The van der Waals surface area contributed by atoms with Crippen molar-refractivity contribution in [3.63, 3.8) is 0 Å². The molecule has 0 fully saturated rings. The Morgan fingerprint density at radius 3 is 2.37 bits per heavy atom. The minimum atomic E-state index is -0.155. The zero-order valence-corrected chi connectivity index (χ0v) is 18.1. The molecule has 1 aliphatic heterocycles. The molecule has 0 saturated carbocycles. The normalized spacial score (nSPS) is 18.4. The van der Waals surface area contributed by atoms with Gasteiger partial charge in [-0.1, -0.05) is 49.7 Å². The van der Waals surface area contributed by atoms with E-state index in [0.717, 1.165) is 16.9 Å². The van der Waals surface area contributed by atoms with Crippen molar-refractivity contribution in [1.82, 2.24) is 14.8 Å². The molecule has 7 heteroatoms. The van der Waals surface area contributed by atoms with Gasteiger partial charge < -0.3 is 4.74 Å². The molecule has 3 aromatic rings. The molecule has 4 rings (SSSR count). The van der Waals surface area contributed by atoms with Crippen molar-refractivity contribution in [2.75, 3.05) is 12.0 Å². The molecule has 1 aliphatic rings. The van der Waals surface area contributed by atoms with Gasteiger partial charge in [-0.2, -0.15) is 10.1 Å². The van der Waals surface area contributed by atoms with E-state index in [1.165, 1.54) is 6.33 Å². The Morgan fingerprint density at radius 2 is 1.73 bits per heavy atom. The molecule has 1 amide bonds. The van der Waals surface area contributed by atoms with Crippen LogP contribution in [0.2, 0.25) is 5.02 Å². The van der Waals surface area contributed by atoms with Crippen LogP contribution in [0.4, 0.5) is 5.95 Å². The van der Waals surface area contributed by atoms with Gasteiger partial charge in [-0.15, -0.1) is 0 Å². The van der Waals surface area contributed by atoms with Crippen LogP contribution in [0.5, 0.6) is 5.75 Å². The average molecular weight is 425 g/mol. The molecule has 156 valence electrons. The summed E-state index contributed by atoms with van der Waals surface area (Å²) in [4.78, 5) is 19.5. The van der Waals surface area contributed by atoms with Gasteiger partial charge in [0.15, 0.2) is 0 Å². The number of amides is 1. The SMILES string of the molecule is COc1ccc([C@@H]2C[C@H](c3ccc(Cl)cc3)N(C(=O)CC(C)C)c3ncnn32)cc1. The van der Waals surface area contributed by atoms with E-state index in [4.69, 9.17) is 16.3 Å². The summed E-state index contributed by atoms with van der Waals surface area (Å²) in [5, 5.41) is 5.14. The fourth-order valence-electron chi connectivity index (χ4n) is 4.00. The van der Waals surface area contributed by atoms with Gasteiger partial charge in [-0.3, -0.25) is 9.69 Å². The summed E-state index contributed by atoms with van der Waals surface area (Å²) >= 11 is 6.12. The number of methoxy groups -OCH3 is 1. The van der Waals surface area contributed by atoms with Gasteiger partial charge in [-0.25, -0.2) is 4.68 Å². The van der Waals surface area contributed by atoms with E-state index in [1.807, 2.05) is 67.1 Å². The monoisotopic (exact) mass is 424 g/mol. The quantitative estimate of drug-likeness (QED) is 0.574. The molecule has 1 aromatic heterocycles. The van der Waals surface area contributed by atoms with Gasteiger partial charge in [0.1, 0.15) is 12.1 Å². The van der Waals surface area contributed by atoms with Crippen LogP contribution in [0.1, 0.15) is 49.9 Å². The van der Waals surface area contributed by atoms with Crippen molar-refractivity contribution in [2.24, 2.45) is 5.92 Å². The smallest absolute Gasteiger partial charge is 0.231 e. The van der Waals surface area contributed by atoms with E-state index in [-0.39, 0.29) is 23.9 Å². The number of carbonyl (C=O) groups is 1. The van der Waals surface area contributed by atoms with Gasteiger partial charge in [-0.05, 0) is 47.7 Å². The number of ether oxygens (including phenoxy) is 1. The third-order valence-electron chi connectivity index (χ3n) is 5.43. The van der Waals surface area contributed by atoms with Crippen molar-refractivity contribution in [2.45, 2.75) is 38.8 Å². The number of carbonyl (C=O) groups excluding carboxylic acids is 1. The minimum absolute atomic E-state index is 0.0443. The summed E-state index contributed by atoms with van der Waals surface area (Å²) in [6, 6.07) is 15.5. The van der Waals surface area contributed by atoms with Crippen LogP contribution >= 0.6 is 11.6 Å². The second kappa shape index (κ2) is 8.48. The zero-order chi connectivity index (χ0) is 21.3. The van der Waals surface area contributed by atoms with Crippen LogP contribution in [0.3, 0.4) is 0 Å². The van der Waals surface area contributed by atoms with Crippen LogP contribution in [0, 0.1) is 5.92 Å². The largest absolute Gasteiger partial charge is 0.497 e. The first-order valence-corrected chi connectivity index (χ1v) is 10.5. The molecule has 0 radical (unpaired) electrons. The maximum absolute atomic E-state index is 13.2. The summed E-state index contributed by atoms with van der Waals surface area (Å²) < 4.78 is 7.15. The van der Waals surface area contributed by atoms with Crippen LogP contribution in [0.15, 0.2) is 54.9 Å². The molecular formula is C23H25ClN4O2. The fraction of sp³-hybridized carbons (Fsp3) is 0.348. The third kappa shape index (κ3) is 3.92. The molecule has 0 spiro atoms. The highest BCUT2D eigenvalue weighted by molar-refractivity contribution is 6.30. The van der Waals surface area contributed by atoms with Crippen molar-refractivity contribution in [3.8, 4) is 5.75 Å². The predicted octanol–water partition coefficient (Wildman–Crippen LogP) is 5.05. The second-order valence-corrected chi connectivity index (χ2v) is 8.39. The van der Waals surface area contributed by atoms with Crippen molar-refractivity contribution in [1.29, 1.82) is 0 Å². The number of nitrogens with zero attached hydrogens (tertiary/aromatic N) is 4. The Kier molecular flexibility index (Phi) is 5.77. The Hall–Kier alpha value is -2.86. The molecule has 6 nitrogen and oxygen atoms in total. The second-order valence-electron chi connectivity index (χ2n) is 7.96.